The Hall–Kier alpha value is -3.71. The molecule has 0 unspecified atom stereocenters. The fraction of sp³-hybridized carbons (Fsp3) is 0.375. The summed E-state index contributed by atoms with van der Waals surface area (Å²) >= 11 is 0. The summed E-state index contributed by atoms with van der Waals surface area (Å²) in [5.74, 6) is -1.12. The fourth-order valence-corrected chi connectivity index (χ4v) is 5.16. The van der Waals surface area contributed by atoms with Gasteiger partial charge in [0.25, 0.3) is 0 Å². The van der Waals surface area contributed by atoms with E-state index in [0.29, 0.717) is 37.6 Å². The van der Waals surface area contributed by atoms with Crippen LogP contribution in [0.2, 0.25) is 0 Å². The van der Waals surface area contributed by atoms with Crippen LogP contribution in [0.4, 0.5) is 20.6 Å². The number of nitrogens with one attached hydrogen (secondary N) is 2. The van der Waals surface area contributed by atoms with Crippen molar-refractivity contribution in [2.45, 2.75) is 17.9 Å². The van der Waals surface area contributed by atoms with Gasteiger partial charge in [-0.15, -0.1) is 0 Å². The quantitative estimate of drug-likeness (QED) is 0.516. The van der Waals surface area contributed by atoms with Crippen LogP contribution in [-0.2, 0) is 24.3 Å². The number of anilines is 2. The number of carbonyl (C=O) groups excluding carboxylic acids is 3. The zero-order valence-electron chi connectivity index (χ0n) is 20.2. The molecule has 0 spiro atoms. The molecule has 0 aliphatic carbocycles. The first kappa shape index (κ1) is 26.4. The first-order valence-electron chi connectivity index (χ1n) is 11.7. The van der Waals surface area contributed by atoms with E-state index in [1.165, 1.54) is 34.9 Å². The summed E-state index contributed by atoms with van der Waals surface area (Å²) in [6, 6.07) is 12.2. The molecule has 0 bridgehead atoms. The highest BCUT2D eigenvalue weighted by Crippen LogP contribution is 2.28. The molecule has 0 aromatic heterocycles. The first-order chi connectivity index (χ1) is 17.6. The SMILES string of the molecule is CC(=O)NC[C@H]1CN(c2ccc(N3CCN(C(=O)CNS(=O)(=O)c4ccccc4)CC3)c(F)c2)C(=O)O1. The number of sulfonamides is 1. The number of hydrogen-bond acceptors (Lipinski definition) is 7. The molecule has 0 radical (unpaired) electrons. The number of halogens is 1. The van der Waals surface area contributed by atoms with Crippen molar-refractivity contribution in [3.8, 4) is 0 Å². The molecular formula is C24H28FN5O6S. The summed E-state index contributed by atoms with van der Waals surface area (Å²) in [7, 11) is -3.79. The number of ether oxygens (including phenoxy) is 1. The Kier molecular flexibility index (Phi) is 7.93. The number of cyclic esters (lactones) is 1. The van der Waals surface area contributed by atoms with Crippen LogP contribution < -0.4 is 19.8 Å². The van der Waals surface area contributed by atoms with Crippen molar-refractivity contribution in [3.05, 3.63) is 54.3 Å². The molecule has 2 saturated heterocycles. The third-order valence-electron chi connectivity index (χ3n) is 6.14. The number of hydrogen-bond donors (Lipinski definition) is 2. The fourth-order valence-electron chi connectivity index (χ4n) is 4.16. The van der Waals surface area contributed by atoms with Gasteiger partial charge in [0, 0.05) is 33.1 Å². The van der Waals surface area contributed by atoms with Crippen molar-refractivity contribution in [2.24, 2.45) is 0 Å². The molecular weight excluding hydrogens is 505 g/mol. The van der Waals surface area contributed by atoms with Gasteiger partial charge in [0.1, 0.15) is 11.9 Å². The summed E-state index contributed by atoms with van der Waals surface area (Å²) in [6.45, 7) is 2.69. The first-order valence-corrected chi connectivity index (χ1v) is 13.2. The minimum Gasteiger partial charge on any atom is -0.442 e. The van der Waals surface area contributed by atoms with Crippen LogP contribution in [0.25, 0.3) is 0 Å². The molecule has 4 rings (SSSR count). The average molecular weight is 534 g/mol. The van der Waals surface area contributed by atoms with Crippen LogP contribution >= 0.6 is 0 Å². The van der Waals surface area contributed by atoms with E-state index in [1.807, 2.05) is 0 Å². The van der Waals surface area contributed by atoms with Crippen LogP contribution in [0, 0.1) is 5.82 Å². The van der Waals surface area contributed by atoms with Crippen LogP contribution in [0.5, 0.6) is 0 Å². The molecule has 0 saturated carbocycles. The highest BCUT2D eigenvalue weighted by Gasteiger charge is 2.33. The summed E-state index contributed by atoms with van der Waals surface area (Å²) in [6.07, 6.45) is -1.14. The van der Waals surface area contributed by atoms with E-state index in [4.69, 9.17) is 4.74 Å². The molecule has 2 aromatic rings. The normalized spacial score (nSPS) is 18.1. The number of rotatable bonds is 8. The van der Waals surface area contributed by atoms with Gasteiger partial charge in [-0.1, -0.05) is 18.2 Å². The molecule has 11 nitrogen and oxygen atoms in total. The predicted octanol–water partition coefficient (Wildman–Crippen LogP) is 0.914. The van der Waals surface area contributed by atoms with Crippen molar-refractivity contribution >= 4 is 39.3 Å². The van der Waals surface area contributed by atoms with Gasteiger partial charge in [0.15, 0.2) is 0 Å². The van der Waals surface area contributed by atoms with E-state index in [0.717, 1.165) is 0 Å². The zero-order chi connectivity index (χ0) is 26.6. The highest BCUT2D eigenvalue weighted by atomic mass is 32.2. The summed E-state index contributed by atoms with van der Waals surface area (Å²) in [4.78, 5) is 40.6. The maximum absolute atomic E-state index is 15.0. The van der Waals surface area contributed by atoms with Gasteiger partial charge in [0.2, 0.25) is 21.8 Å². The van der Waals surface area contributed by atoms with Gasteiger partial charge >= 0.3 is 6.09 Å². The van der Waals surface area contributed by atoms with Gasteiger partial charge in [-0.25, -0.2) is 22.3 Å². The van der Waals surface area contributed by atoms with E-state index in [9.17, 15) is 22.8 Å². The second kappa shape index (κ2) is 11.1. The molecule has 2 aromatic carbocycles. The zero-order valence-corrected chi connectivity index (χ0v) is 21.0. The lowest BCUT2D eigenvalue weighted by molar-refractivity contribution is -0.130. The molecule has 1 atom stereocenters. The van der Waals surface area contributed by atoms with Crippen molar-refractivity contribution in [3.63, 3.8) is 0 Å². The maximum atomic E-state index is 15.0. The van der Waals surface area contributed by atoms with E-state index in [2.05, 4.69) is 10.0 Å². The standard InChI is InChI=1S/C24H28FN5O6S/c1-17(31)26-14-19-16-30(24(33)36-19)18-7-8-22(21(25)13-18)28-9-11-29(12-10-28)23(32)15-27-37(34,35)20-5-3-2-4-6-20/h2-8,13,19,27H,9-12,14-16H2,1H3,(H,26,31)/t19-/m0/s1. The van der Waals surface area contributed by atoms with Crippen LogP contribution in [0.1, 0.15) is 6.92 Å². The lowest BCUT2D eigenvalue weighted by Crippen LogP contribution is -2.51. The van der Waals surface area contributed by atoms with E-state index >= 15 is 4.39 Å². The Morgan fingerprint density at radius 3 is 2.43 bits per heavy atom. The van der Waals surface area contributed by atoms with E-state index in [-0.39, 0.29) is 36.3 Å². The minimum absolute atomic E-state index is 0.0805. The van der Waals surface area contributed by atoms with Crippen molar-refractivity contribution in [2.75, 3.05) is 55.6 Å². The maximum Gasteiger partial charge on any atom is 0.414 e. The highest BCUT2D eigenvalue weighted by molar-refractivity contribution is 7.89. The van der Waals surface area contributed by atoms with Gasteiger partial charge < -0.3 is 19.9 Å². The van der Waals surface area contributed by atoms with Crippen molar-refractivity contribution < 1.29 is 31.9 Å². The predicted molar refractivity (Wildman–Crippen MR) is 133 cm³/mol. The Labute approximate surface area is 214 Å². The second-order valence-electron chi connectivity index (χ2n) is 8.69. The van der Waals surface area contributed by atoms with Crippen molar-refractivity contribution in [1.29, 1.82) is 0 Å². The number of piperazine rings is 1. The average Bonchev–Trinajstić information content (AvgIpc) is 3.27. The lowest BCUT2D eigenvalue weighted by atomic mass is 10.2. The Morgan fingerprint density at radius 2 is 1.78 bits per heavy atom. The van der Waals surface area contributed by atoms with Gasteiger partial charge in [0.05, 0.1) is 35.9 Å². The van der Waals surface area contributed by atoms with Crippen LogP contribution in [0.15, 0.2) is 53.4 Å². The molecule has 37 heavy (non-hydrogen) atoms. The largest absolute Gasteiger partial charge is 0.442 e. The number of carbonyl (C=O) groups is 3. The third-order valence-corrected chi connectivity index (χ3v) is 7.55. The Bertz CT molecular complexity index is 1270. The molecule has 2 heterocycles. The Balaban J connectivity index is 1.30. The topological polar surface area (TPSA) is 128 Å². The van der Waals surface area contributed by atoms with E-state index < -0.39 is 28.0 Å². The van der Waals surface area contributed by atoms with Crippen LogP contribution in [-0.4, -0.2) is 83.1 Å². The molecule has 3 amide bonds. The second-order valence-corrected chi connectivity index (χ2v) is 10.5. The number of nitrogens with zero attached hydrogens (tertiary/aromatic N) is 3. The van der Waals surface area contributed by atoms with Gasteiger partial charge in [-0.3, -0.25) is 14.5 Å². The smallest absolute Gasteiger partial charge is 0.414 e. The molecule has 13 heteroatoms. The number of benzene rings is 2. The molecule has 198 valence electrons. The minimum atomic E-state index is -3.79. The van der Waals surface area contributed by atoms with E-state index in [1.54, 1.807) is 35.2 Å². The van der Waals surface area contributed by atoms with Gasteiger partial charge in [-0.05, 0) is 30.3 Å². The molecule has 2 fully saturated rings. The molecule has 2 N–H and O–H groups in total. The van der Waals surface area contributed by atoms with Crippen LogP contribution in [0.3, 0.4) is 0 Å². The summed E-state index contributed by atoms with van der Waals surface area (Å²) in [5.41, 5.74) is 0.680. The molecule has 2 aliphatic heterocycles. The third kappa shape index (κ3) is 6.35. The molecule has 2 aliphatic rings. The van der Waals surface area contributed by atoms with Crippen molar-refractivity contribution in [1.82, 2.24) is 14.9 Å². The number of amides is 3. The summed E-state index contributed by atoms with van der Waals surface area (Å²) in [5, 5.41) is 2.59. The lowest BCUT2D eigenvalue weighted by Gasteiger charge is -2.36. The monoisotopic (exact) mass is 533 g/mol. The van der Waals surface area contributed by atoms with Gasteiger partial charge in [-0.2, -0.15) is 0 Å². The Morgan fingerprint density at radius 1 is 1.08 bits per heavy atom. The summed E-state index contributed by atoms with van der Waals surface area (Å²) < 4.78 is 47.2.